The molecule has 1 aliphatic carbocycles. The van der Waals surface area contributed by atoms with Crippen molar-refractivity contribution in [3.63, 3.8) is 0 Å². The molecule has 0 bridgehead atoms. The van der Waals surface area contributed by atoms with Crippen LogP contribution in [-0.4, -0.2) is 25.3 Å². The van der Waals surface area contributed by atoms with E-state index in [2.05, 4.69) is 5.32 Å². The van der Waals surface area contributed by atoms with E-state index < -0.39 is 0 Å². The lowest BCUT2D eigenvalue weighted by Gasteiger charge is -2.27. The molecule has 1 saturated carbocycles. The van der Waals surface area contributed by atoms with Gasteiger partial charge in [0.15, 0.2) is 0 Å². The van der Waals surface area contributed by atoms with Gasteiger partial charge in [-0.2, -0.15) is 0 Å². The van der Waals surface area contributed by atoms with Crippen LogP contribution in [0.25, 0.3) is 0 Å². The summed E-state index contributed by atoms with van der Waals surface area (Å²) in [5.41, 5.74) is 5.87. The monoisotopic (exact) mass is 200 g/mol. The van der Waals surface area contributed by atoms with Gasteiger partial charge in [-0.3, -0.25) is 0 Å². The summed E-state index contributed by atoms with van der Waals surface area (Å²) in [5.74, 6) is 0. The van der Waals surface area contributed by atoms with Crippen molar-refractivity contribution in [1.82, 2.24) is 5.32 Å². The highest BCUT2D eigenvalue weighted by Gasteiger charge is 2.27. The number of rotatable bonds is 2. The normalized spacial score (nSPS) is 21.0. The molecule has 1 amide bonds. The first-order chi connectivity index (χ1) is 6.66. The number of hydrogen-bond acceptors (Lipinski definition) is 3. The Hall–Kier alpha value is -0.770. The second-order valence-corrected chi connectivity index (χ2v) is 4.10. The molecule has 0 saturated heterocycles. The molecule has 0 heterocycles. The lowest BCUT2D eigenvalue weighted by molar-refractivity contribution is 0.112. The van der Waals surface area contributed by atoms with Crippen molar-refractivity contribution in [3.8, 4) is 0 Å². The number of hydrogen-bond donors (Lipinski definition) is 2. The number of amides is 1. The Labute approximate surface area is 85.2 Å². The standard InChI is InChI=1S/C10H20N2O2/c1-12-9(13)14-8-10(11)6-4-2-3-5-7-10/h2-8,11H2,1H3,(H,12,13). The van der Waals surface area contributed by atoms with Gasteiger partial charge < -0.3 is 15.8 Å². The topological polar surface area (TPSA) is 64.3 Å². The summed E-state index contributed by atoms with van der Waals surface area (Å²) < 4.78 is 5.01. The number of nitrogens with two attached hydrogens (primary N) is 1. The molecule has 0 aromatic heterocycles. The van der Waals surface area contributed by atoms with Crippen LogP contribution in [0.3, 0.4) is 0 Å². The lowest BCUT2D eigenvalue weighted by Crippen LogP contribution is -2.45. The molecule has 3 N–H and O–H groups in total. The van der Waals surface area contributed by atoms with E-state index in [0.29, 0.717) is 6.61 Å². The average molecular weight is 200 g/mol. The SMILES string of the molecule is CNC(=O)OCC1(N)CCCCCC1. The molecule has 0 aliphatic heterocycles. The Balaban J connectivity index is 2.35. The van der Waals surface area contributed by atoms with Crippen LogP contribution in [0.5, 0.6) is 0 Å². The molecular weight excluding hydrogens is 180 g/mol. The fourth-order valence-electron chi connectivity index (χ4n) is 1.86. The van der Waals surface area contributed by atoms with Crippen LogP contribution in [0.1, 0.15) is 38.5 Å². The van der Waals surface area contributed by atoms with E-state index in [9.17, 15) is 4.79 Å². The van der Waals surface area contributed by atoms with Gasteiger partial charge in [0.25, 0.3) is 0 Å². The van der Waals surface area contributed by atoms with Gasteiger partial charge in [-0.1, -0.05) is 25.7 Å². The van der Waals surface area contributed by atoms with Crippen LogP contribution in [0.15, 0.2) is 0 Å². The van der Waals surface area contributed by atoms with E-state index >= 15 is 0 Å². The molecular formula is C10H20N2O2. The molecule has 4 heteroatoms. The van der Waals surface area contributed by atoms with Crippen LogP contribution in [0.4, 0.5) is 4.79 Å². The number of alkyl carbamates (subject to hydrolysis) is 1. The molecule has 1 rings (SSSR count). The molecule has 14 heavy (non-hydrogen) atoms. The van der Waals surface area contributed by atoms with Crippen LogP contribution in [-0.2, 0) is 4.74 Å². The van der Waals surface area contributed by atoms with Gasteiger partial charge in [0, 0.05) is 7.05 Å². The summed E-state index contributed by atoms with van der Waals surface area (Å²) in [5, 5.41) is 2.42. The van der Waals surface area contributed by atoms with Crippen molar-refractivity contribution in [2.24, 2.45) is 5.73 Å². The van der Waals surface area contributed by atoms with Crippen LogP contribution in [0.2, 0.25) is 0 Å². The highest BCUT2D eigenvalue weighted by atomic mass is 16.5. The second kappa shape index (κ2) is 5.20. The quantitative estimate of drug-likeness (QED) is 0.662. The molecule has 0 atom stereocenters. The minimum Gasteiger partial charge on any atom is -0.448 e. The minimum absolute atomic E-state index is 0.289. The van der Waals surface area contributed by atoms with E-state index in [0.717, 1.165) is 25.7 Å². The number of nitrogens with one attached hydrogen (secondary N) is 1. The van der Waals surface area contributed by atoms with Crippen molar-refractivity contribution in [1.29, 1.82) is 0 Å². The van der Waals surface area contributed by atoms with Crippen molar-refractivity contribution in [2.75, 3.05) is 13.7 Å². The summed E-state index contributed by atoms with van der Waals surface area (Å²) in [6.07, 6.45) is 6.33. The molecule has 4 nitrogen and oxygen atoms in total. The molecule has 0 aromatic carbocycles. The van der Waals surface area contributed by atoms with Gasteiger partial charge >= 0.3 is 6.09 Å². The van der Waals surface area contributed by atoms with Crippen LogP contribution >= 0.6 is 0 Å². The van der Waals surface area contributed by atoms with Crippen molar-refractivity contribution in [3.05, 3.63) is 0 Å². The largest absolute Gasteiger partial charge is 0.448 e. The molecule has 82 valence electrons. The van der Waals surface area contributed by atoms with Gasteiger partial charge in [-0.25, -0.2) is 4.79 Å². The second-order valence-electron chi connectivity index (χ2n) is 4.10. The molecule has 0 spiro atoms. The fourth-order valence-corrected chi connectivity index (χ4v) is 1.86. The van der Waals surface area contributed by atoms with Gasteiger partial charge in [0.2, 0.25) is 0 Å². The summed E-state index contributed by atoms with van der Waals surface area (Å²) in [6, 6.07) is 0. The van der Waals surface area contributed by atoms with E-state index in [4.69, 9.17) is 10.5 Å². The third-order valence-corrected chi connectivity index (χ3v) is 2.79. The van der Waals surface area contributed by atoms with E-state index in [-0.39, 0.29) is 11.6 Å². The Morgan fingerprint density at radius 2 is 1.93 bits per heavy atom. The number of carbonyl (C=O) groups excluding carboxylic acids is 1. The Morgan fingerprint density at radius 1 is 1.36 bits per heavy atom. The Morgan fingerprint density at radius 3 is 2.43 bits per heavy atom. The number of carbonyl (C=O) groups is 1. The maximum Gasteiger partial charge on any atom is 0.406 e. The van der Waals surface area contributed by atoms with E-state index in [1.807, 2.05) is 0 Å². The molecule has 1 fully saturated rings. The summed E-state index contributed by atoms with van der Waals surface area (Å²) in [7, 11) is 1.55. The van der Waals surface area contributed by atoms with Crippen molar-refractivity contribution in [2.45, 2.75) is 44.1 Å². The zero-order valence-corrected chi connectivity index (χ0v) is 8.84. The smallest absolute Gasteiger partial charge is 0.406 e. The maximum absolute atomic E-state index is 10.9. The zero-order valence-electron chi connectivity index (χ0n) is 8.84. The molecule has 0 aromatic rings. The third-order valence-electron chi connectivity index (χ3n) is 2.79. The summed E-state index contributed by atoms with van der Waals surface area (Å²) in [6.45, 7) is 0.340. The van der Waals surface area contributed by atoms with Gasteiger partial charge in [0.05, 0.1) is 5.54 Å². The predicted molar refractivity (Wildman–Crippen MR) is 55.0 cm³/mol. The summed E-state index contributed by atoms with van der Waals surface area (Å²) in [4.78, 5) is 10.9. The first-order valence-corrected chi connectivity index (χ1v) is 5.30. The fraction of sp³-hybridized carbons (Fsp3) is 0.900. The maximum atomic E-state index is 10.9. The van der Waals surface area contributed by atoms with Crippen LogP contribution < -0.4 is 11.1 Å². The number of ether oxygens (including phenoxy) is 1. The highest BCUT2D eigenvalue weighted by Crippen LogP contribution is 2.25. The minimum atomic E-state index is -0.390. The van der Waals surface area contributed by atoms with Gasteiger partial charge in [-0.05, 0) is 12.8 Å². The van der Waals surface area contributed by atoms with E-state index in [1.54, 1.807) is 7.05 Å². The van der Waals surface area contributed by atoms with Gasteiger partial charge in [-0.15, -0.1) is 0 Å². The zero-order chi connectivity index (χ0) is 10.4. The third kappa shape index (κ3) is 3.54. The lowest BCUT2D eigenvalue weighted by atomic mass is 9.93. The van der Waals surface area contributed by atoms with Crippen molar-refractivity contribution >= 4 is 6.09 Å². The predicted octanol–water partition coefficient (Wildman–Crippen LogP) is 1.39. The molecule has 0 radical (unpaired) electrons. The summed E-state index contributed by atoms with van der Waals surface area (Å²) >= 11 is 0. The molecule has 0 unspecified atom stereocenters. The first-order valence-electron chi connectivity index (χ1n) is 5.30. The Kier molecular flexibility index (Phi) is 4.20. The van der Waals surface area contributed by atoms with Gasteiger partial charge in [0.1, 0.15) is 6.61 Å². The van der Waals surface area contributed by atoms with E-state index in [1.165, 1.54) is 12.8 Å². The van der Waals surface area contributed by atoms with Crippen LogP contribution in [0, 0.1) is 0 Å². The molecule has 1 aliphatic rings. The Bertz CT molecular complexity index is 187. The first kappa shape index (κ1) is 11.3. The van der Waals surface area contributed by atoms with Crippen molar-refractivity contribution < 1.29 is 9.53 Å². The highest BCUT2D eigenvalue weighted by molar-refractivity contribution is 5.66. The average Bonchev–Trinajstić information content (AvgIpc) is 2.40.